The molecule has 0 aliphatic carbocycles. The van der Waals surface area contributed by atoms with Crippen molar-refractivity contribution < 1.29 is 23.5 Å². The first-order chi connectivity index (χ1) is 13.6. The maximum Gasteiger partial charge on any atom is 0.291 e. The molecule has 1 fully saturated rings. The zero-order chi connectivity index (χ0) is 20.1. The van der Waals surface area contributed by atoms with Gasteiger partial charge in [0, 0.05) is 19.2 Å². The van der Waals surface area contributed by atoms with Gasteiger partial charge in [-0.25, -0.2) is 0 Å². The summed E-state index contributed by atoms with van der Waals surface area (Å²) in [7, 11) is 4.91. The fourth-order valence-electron chi connectivity index (χ4n) is 3.39. The van der Waals surface area contributed by atoms with Gasteiger partial charge in [-0.15, -0.1) is 12.4 Å². The number of nitrogens with one attached hydrogen (secondary N) is 2. The summed E-state index contributed by atoms with van der Waals surface area (Å²) in [6.07, 6.45) is 2.36. The number of rotatable bonds is 7. The molecule has 9 heteroatoms. The van der Waals surface area contributed by atoms with Crippen LogP contribution in [0, 0.1) is 5.92 Å². The highest BCUT2D eigenvalue weighted by atomic mass is 35.5. The van der Waals surface area contributed by atoms with E-state index in [-0.39, 0.29) is 24.1 Å². The number of nitrogens with zero attached hydrogens (tertiary/aromatic N) is 1. The number of methoxy groups -OCH3 is 2. The van der Waals surface area contributed by atoms with E-state index in [0.29, 0.717) is 41.8 Å². The average Bonchev–Trinajstić information content (AvgIpc) is 3.39. The van der Waals surface area contributed by atoms with Gasteiger partial charge in [-0.2, -0.15) is 0 Å². The molecule has 3 rings (SSSR count). The van der Waals surface area contributed by atoms with Crippen LogP contribution < -0.4 is 20.1 Å². The monoisotopic (exact) mass is 423 g/mol. The van der Waals surface area contributed by atoms with Crippen LogP contribution >= 0.6 is 12.4 Å². The molecule has 1 aromatic carbocycles. The van der Waals surface area contributed by atoms with Crippen LogP contribution in [0.2, 0.25) is 0 Å². The van der Waals surface area contributed by atoms with Crippen LogP contribution in [0.1, 0.15) is 27.3 Å². The highest BCUT2D eigenvalue weighted by Gasteiger charge is 2.29. The third kappa shape index (κ3) is 5.02. The number of likely N-dealkylation sites (tertiary alicyclic amines) is 1. The van der Waals surface area contributed by atoms with Gasteiger partial charge in [0.15, 0.2) is 17.3 Å². The first-order valence-electron chi connectivity index (χ1n) is 9.12. The lowest BCUT2D eigenvalue weighted by molar-refractivity contribution is 0.0788. The van der Waals surface area contributed by atoms with Crippen molar-refractivity contribution in [2.75, 3.05) is 46.2 Å². The van der Waals surface area contributed by atoms with Crippen molar-refractivity contribution >= 4 is 29.9 Å². The second kappa shape index (κ2) is 10.2. The van der Waals surface area contributed by atoms with Crippen molar-refractivity contribution in [2.24, 2.45) is 5.92 Å². The number of ether oxygens (including phenoxy) is 2. The predicted molar refractivity (Wildman–Crippen MR) is 111 cm³/mol. The summed E-state index contributed by atoms with van der Waals surface area (Å²) in [6, 6.07) is 6.38. The van der Waals surface area contributed by atoms with Crippen molar-refractivity contribution in [2.45, 2.75) is 6.42 Å². The Hall–Kier alpha value is -2.71. The third-order valence-electron chi connectivity index (χ3n) is 4.81. The molecule has 1 aliphatic heterocycles. The van der Waals surface area contributed by atoms with Gasteiger partial charge in [-0.05, 0) is 44.1 Å². The average molecular weight is 424 g/mol. The van der Waals surface area contributed by atoms with Gasteiger partial charge in [0.25, 0.3) is 11.8 Å². The molecule has 1 saturated heterocycles. The predicted octanol–water partition coefficient (Wildman–Crippen LogP) is 2.65. The zero-order valence-corrected chi connectivity index (χ0v) is 17.5. The van der Waals surface area contributed by atoms with E-state index in [9.17, 15) is 9.59 Å². The normalized spacial score (nSPS) is 15.6. The molecule has 0 spiro atoms. The minimum absolute atomic E-state index is 0. The Morgan fingerprint density at radius 1 is 1.24 bits per heavy atom. The summed E-state index contributed by atoms with van der Waals surface area (Å²) in [5.74, 6) is 0.810. The maximum absolute atomic E-state index is 13.2. The fraction of sp³-hybridized carbons (Fsp3) is 0.400. The molecule has 0 bridgehead atoms. The van der Waals surface area contributed by atoms with Crippen LogP contribution in [-0.2, 0) is 0 Å². The number of carbonyl (C=O) groups is 2. The van der Waals surface area contributed by atoms with Crippen LogP contribution in [0.3, 0.4) is 0 Å². The largest absolute Gasteiger partial charge is 0.493 e. The van der Waals surface area contributed by atoms with Crippen molar-refractivity contribution in [1.82, 2.24) is 10.2 Å². The first-order valence-corrected chi connectivity index (χ1v) is 9.12. The summed E-state index contributed by atoms with van der Waals surface area (Å²) in [5.41, 5.74) is 0.698. The van der Waals surface area contributed by atoms with Crippen molar-refractivity contribution in [3.05, 3.63) is 41.9 Å². The summed E-state index contributed by atoms with van der Waals surface area (Å²) in [4.78, 5) is 27.4. The van der Waals surface area contributed by atoms with Crippen LogP contribution in [-0.4, -0.2) is 57.6 Å². The number of amides is 2. The molecular weight excluding hydrogens is 398 g/mol. The Bertz CT molecular complexity index is 841. The quantitative estimate of drug-likeness (QED) is 0.711. The Balaban J connectivity index is 0.00000300. The SMILES string of the molecule is CNCC1CCN(C(=O)c2cc(OC)c(OC)cc2NC(=O)c2ccco2)C1.Cl. The zero-order valence-electron chi connectivity index (χ0n) is 16.7. The number of carbonyl (C=O) groups excluding carboxylic acids is 2. The maximum atomic E-state index is 13.2. The smallest absolute Gasteiger partial charge is 0.291 e. The first kappa shape index (κ1) is 22.6. The van der Waals surface area contributed by atoms with Gasteiger partial charge in [0.1, 0.15) is 0 Å². The van der Waals surface area contributed by atoms with Gasteiger partial charge >= 0.3 is 0 Å². The second-order valence-corrected chi connectivity index (χ2v) is 6.65. The molecule has 1 aliphatic rings. The number of furan rings is 1. The Morgan fingerprint density at radius 3 is 2.59 bits per heavy atom. The lowest BCUT2D eigenvalue weighted by Crippen LogP contribution is -2.31. The van der Waals surface area contributed by atoms with Crippen LogP contribution in [0.4, 0.5) is 5.69 Å². The van der Waals surface area contributed by atoms with Crippen LogP contribution in [0.25, 0.3) is 0 Å². The summed E-state index contributed by atoms with van der Waals surface area (Å²) >= 11 is 0. The van der Waals surface area contributed by atoms with Gasteiger partial charge in [-0.3, -0.25) is 9.59 Å². The Morgan fingerprint density at radius 2 is 1.97 bits per heavy atom. The molecular formula is C20H26ClN3O5. The van der Waals surface area contributed by atoms with E-state index >= 15 is 0 Å². The minimum Gasteiger partial charge on any atom is -0.493 e. The van der Waals surface area contributed by atoms with Crippen molar-refractivity contribution in [3.63, 3.8) is 0 Å². The van der Waals surface area contributed by atoms with Gasteiger partial charge in [0.2, 0.25) is 0 Å². The van der Waals surface area contributed by atoms with Crippen molar-refractivity contribution in [3.8, 4) is 11.5 Å². The van der Waals surface area contributed by atoms with E-state index in [4.69, 9.17) is 13.9 Å². The van der Waals surface area contributed by atoms with E-state index in [0.717, 1.165) is 13.0 Å². The highest BCUT2D eigenvalue weighted by molar-refractivity contribution is 6.08. The minimum atomic E-state index is -0.444. The van der Waals surface area contributed by atoms with E-state index < -0.39 is 5.91 Å². The number of hydrogen-bond donors (Lipinski definition) is 2. The molecule has 2 N–H and O–H groups in total. The van der Waals surface area contributed by atoms with Gasteiger partial charge < -0.3 is 29.4 Å². The van der Waals surface area contributed by atoms with E-state index in [1.54, 1.807) is 29.2 Å². The fourth-order valence-corrected chi connectivity index (χ4v) is 3.39. The molecule has 1 aromatic heterocycles. The third-order valence-corrected chi connectivity index (χ3v) is 4.81. The molecule has 2 aromatic rings. The summed E-state index contributed by atoms with van der Waals surface area (Å²) in [6.45, 7) is 2.20. The molecule has 158 valence electrons. The molecule has 29 heavy (non-hydrogen) atoms. The Labute approximate surface area is 175 Å². The molecule has 2 amide bonds. The summed E-state index contributed by atoms with van der Waals surface area (Å²) < 4.78 is 15.8. The van der Waals surface area contributed by atoms with Crippen LogP contribution in [0.5, 0.6) is 11.5 Å². The number of benzene rings is 1. The topological polar surface area (TPSA) is 93.0 Å². The molecule has 1 atom stereocenters. The number of hydrogen-bond acceptors (Lipinski definition) is 6. The Kier molecular flexibility index (Phi) is 7.92. The lowest BCUT2D eigenvalue weighted by atomic mass is 10.1. The molecule has 0 radical (unpaired) electrons. The van der Waals surface area contributed by atoms with Crippen molar-refractivity contribution in [1.29, 1.82) is 0 Å². The molecule has 8 nitrogen and oxygen atoms in total. The van der Waals surface area contributed by atoms with E-state index in [1.165, 1.54) is 20.5 Å². The molecule has 1 unspecified atom stereocenters. The molecule has 2 heterocycles. The number of anilines is 1. The highest BCUT2D eigenvalue weighted by Crippen LogP contribution is 2.35. The van der Waals surface area contributed by atoms with E-state index in [2.05, 4.69) is 10.6 Å². The summed E-state index contributed by atoms with van der Waals surface area (Å²) in [5, 5.41) is 5.91. The number of halogens is 1. The van der Waals surface area contributed by atoms with Crippen LogP contribution in [0.15, 0.2) is 34.9 Å². The molecule has 0 saturated carbocycles. The van der Waals surface area contributed by atoms with E-state index in [1.807, 2.05) is 7.05 Å². The van der Waals surface area contributed by atoms with Gasteiger partial charge in [0.05, 0.1) is 31.7 Å². The standard InChI is InChI=1S/C20H25N3O5.ClH/c1-21-11-13-6-7-23(12-13)20(25)14-9-17(26-2)18(27-3)10-15(14)22-19(24)16-5-4-8-28-16;/h4-5,8-10,13,21H,6-7,11-12H2,1-3H3,(H,22,24);1H. The second-order valence-electron chi connectivity index (χ2n) is 6.65. The lowest BCUT2D eigenvalue weighted by Gasteiger charge is -2.20. The van der Waals surface area contributed by atoms with Gasteiger partial charge in [-0.1, -0.05) is 0 Å².